The van der Waals surface area contributed by atoms with Crippen LogP contribution in [0.2, 0.25) is 0 Å². The third-order valence-corrected chi connectivity index (χ3v) is 4.87. The minimum Gasteiger partial charge on any atom is -0.308 e. The number of hydrogen-bond acceptors (Lipinski definition) is 6. The van der Waals surface area contributed by atoms with E-state index in [-0.39, 0.29) is 4.90 Å². The Bertz CT molecular complexity index is 494. The van der Waals surface area contributed by atoms with Crippen LogP contribution < -0.4 is 11.3 Å². The van der Waals surface area contributed by atoms with Crippen LogP contribution in [0.1, 0.15) is 0 Å². The number of aromatic nitrogens is 1. The molecule has 0 atom stereocenters. The highest BCUT2D eigenvalue weighted by Gasteiger charge is 2.27. The van der Waals surface area contributed by atoms with Crippen LogP contribution in [0, 0.1) is 0 Å². The number of piperazine rings is 1. The van der Waals surface area contributed by atoms with Gasteiger partial charge in [-0.1, -0.05) is 0 Å². The SMILES string of the molecule is CN1CCN(S(=O)(=O)c2ccc(NN)nc2)CC1. The van der Waals surface area contributed by atoms with Gasteiger partial charge in [-0.3, -0.25) is 0 Å². The molecule has 3 N–H and O–H groups in total. The van der Waals surface area contributed by atoms with Gasteiger partial charge in [0, 0.05) is 32.4 Å². The molecule has 1 aromatic heterocycles. The monoisotopic (exact) mass is 271 g/mol. The van der Waals surface area contributed by atoms with Gasteiger partial charge in [0.2, 0.25) is 10.0 Å². The fourth-order valence-electron chi connectivity index (χ4n) is 1.80. The molecule has 1 aromatic rings. The number of anilines is 1. The number of hydrogen-bond donors (Lipinski definition) is 2. The van der Waals surface area contributed by atoms with Crippen molar-refractivity contribution in [2.45, 2.75) is 4.90 Å². The molecule has 2 heterocycles. The van der Waals surface area contributed by atoms with Gasteiger partial charge in [-0.2, -0.15) is 4.31 Å². The molecule has 1 aliphatic heterocycles. The Kier molecular flexibility index (Phi) is 3.81. The van der Waals surface area contributed by atoms with Gasteiger partial charge in [0.1, 0.15) is 10.7 Å². The Morgan fingerprint density at radius 3 is 2.44 bits per heavy atom. The Labute approximate surface area is 107 Å². The van der Waals surface area contributed by atoms with E-state index in [1.165, 1.54) is 16.6 Å². The molecule has 0 saturated carbocycles. The second-order valence-electron chi connectivity index (χ2n) is 4.23. The quantitative estimate of drug-likeness (QED) is 0.558. The van der Waals surface area contributed by atoms with E-state index < -0.39 is 10.0 Å². The van der Waals surface area contributed by atoms with E-state index in [4.69, 9.17) is 5.84 Å². The third kappa shape index (κ3) is 2.61. The van der Waals surface area contributed by atoms with Gasteiger partial charge >= 0.3 is 0 Å². The van der Waals surface area contributed by atoms with Crippen LogP contribution in [0.5, 0.6) is 0 Å². The average molecular weight is 271 g/mol. The molecular formula is C10H17N5O2S. The van der Waals surface area contributed by atoms with Gasteiger partial charge in [0.15, 0.2) is 0 Å². The van der Waals surface area contributed by atoms with E-state index in [9.17, 15) is 8.42 Å². The fraction of sp³-hybridized carbons (Fsp3) is 0.500. The molecular weight excluding hydrogens is 254 g/mol. The summed E-state index contributed by atoms with van der Waals surface area (Å²) in [6, 6.07) is 3.05. The number of nitrogens with one attached hydrogen (secondary N) is 1. The first-order chi connectivity index (χ1) is 8.54. The third-order valence-electron chi connectivity index (χ3n) is 2.98. The van der Waals surface area contributed by atoms with Gasteiger partial charge < -0.3 is 10.3 Å². The highest BCUT2D eigenvalue weighted by molar-refractivity contribution is 7.89. The first-order valence-corrected chi connectivity index (χ1v) is 7.09. The molecule has 0 radical (unpaired) electrons. The van der Waals surface area contributed by atoms with Crippen LogP contribution in [0.4, 0.5) is 5.82 Å². The molecule has 1 fully saturated rings. The molecule has 0 amide bonds. The predicted molar refractivity (Wildman–Crippen MR) is 68.3 cm³/mol. The first-order valence-electron chi connectivity index (χ1n) is 5.65. The predicted octanol–water partition coefficient (Wildman–Crippen LogP) is -0.697. The number of hydrazine groups is 1. The second kappa shape index (κ2) is 5.19. The Morgan fingerprint density at radius 1 is 1.28 bits per heavy atom. The molecule has 0 unspecified atom stereocenters. The lowest BCUT2D eigenvalue weighted by atomic mass is 10.4. The van der Waals surface area contributed by atoms with Crippen molar-refractivity contribution in [2.75, 3.05) is 38.7 Å². The number of pyridine rings is 1. The highest BCUT2D eigenvalue weighted by Crippen LogP contribution is 2.17. The molecule has 1 aliphatic rings. The molecule has 0 spiro atoms. The van der Waals surface area contributed by atoms with E-state index in [0.717, 1.165) is 13.1 Å². The summed E-state index contributed by atoms with van der Waals surface area (Å²) in [6.07, 6.45) is 1.32. The normalized spacial score (nSPS) is 18.8. The minimum atomic E-state index is -3.43. The second-order valence-corrected chi connectivity index (χ2v) is 6.17. The van der Waals surface area contributed by atoms with Crippen molar-refractivity contribution >= 4 is 15.8 Å². The fourth-order valence-corrected chi connectivity index (χ4v) is 3.16. The van der Waals surface area contributed by atoms with Gasteiger partial charge in [-0.25, -0.2) is 19.2 Å². The maximum absolute atomic E-state index is 12.3. The molecule has 2 rings (SSSR count). The molecule has 7 nitrogen and oxygen atoms in total. The van der Waals surface area contributed by atoms with Crippen molar-refractivity contribution in [3.8, 4) is 0 Å². The summed E-state index contributed by atoms with van der Waals surface area (Å²) >= 11 is 0. The van der Waals surface area contributed by atoms with Crippen LogP contribution in [0.25, 0.3) is 0 Å². The lowest BCUT2D eigenvalue weighted by Gasteiger charge is -2.31. The zero-order valence-corrected chi connectivity index (χ0v) is 11.0. The van der Waals surface area contributed by atoms with Crippen molar-refractivity contribution in [1.29, 1.82) is 0 Å². The summed E-state index contributed by atoms with van der Waals surface area (Å²) in [6.45, 7) is 2.51. The van der Waals surface area contributed by atoms with Crippen molar-refractivity contribution in [1.82, 2.24) is 14.2 Å². The summed E-state index contributed by atoms with van der Waals surface area (Å²) in [5, 5.41) is 0. The van der Waals surface area contributed by atoms with Crippen molar-refractivity contribution < 1.29 is 8.42 Å². The number of nitrogens with two attached hydrogens (primary N) is 1. The Balaban J connectivity index is 2.19. The zero-order chi connectivity index (χ0) is 13.2. The molecule has 0 aliphatic carbocycles. The van der Waals surface area contributed by atoms with E-state index >= 15 is 0 Å². The van der Waals surface area contributed by atoms with Crippen molar-refractivity contribution in [2.24, 2.45) is 5.84 Å². The zero-order valence-electron chi connectivity index (χ0n) is 10.2. The van der Waals surface area contributed by atoms with Crippen LogP contribution in [-0.4, -0.2) is 55.8 Å². The molecule has 18 heavy (non-hydrogen) atoms. The number of sulfonamides is 1. The molecule has 0 aromatic carbocycles. The molecule has 1 saturated heterocycles. The standard InChI is InChI=1S/C10H17N5O2S/c1-14-4-6-15(7-5-14)18(16,17)9-2-3-10(13-11)12-8-9/h2-3,8H,4-7,11H2,1H3,(H,12,13). The lowest BCUT2D eigenvalue weighted by Crippen LogP contribution is -2.47. The summed E-state index contributed by atoms with van der Waals surface area (Å²) in [7, 11) is -1.46. The van der Waals surface area contributed by atoms with Crippen LogP contribution in [-0.2, 0) is 10.0 Å². The van der Waals surface area contributed by atoms with Gasteiger partial charge in [-0.15, -0.1) is 0 Å². The number of nitrogens with zero attached hydrogens (tertiary/aromatic N) is 3. The van der Waals surface area contributed by atoms with Gasteiger partial charge in [0.25, 0.3) is 0 Å². The van der Waals surface area contributed by atoms with Gasteiger partial charge in [0.05, 0.1) is 0 Å². The largest absolute Gasteiger partial charge is 0.308 e. The number of likely N-dealkylation sites (N-methyl/N-ethyl adjacent to an activating group) is 1. The van der Waals surface area contributed by atoms with Crippen molar-refractivity contribution in [3.05, 3.63) is 18.3 Å². The van der Waals surface area contributed by atoms with E-state index in [1.807, 2.05) is 7.05 Å². The smallest absolute Gasteiger partial charge is 0.244 e. The molecule has 0 bridgehead atoms. The number of nitrogen functional groups attached to an aromatic ring is 1. The average Bonchev–Trinajstić information content (AvgIpc) is 2.39. The molecule has 100 valence electrons. The summed E-state index contributed by atoms with van der Waals surface area (Å²) < 4.78 is 26.1. The Morgan fingerprint density at radius 2 is 1.94 bits per heavy atom. The Hall–Kier alpha value is -1.22. The summed E-state index contributed by atoms with van der Waals surface area (Å²) in [4.78, 5) is 6.22. The van der Waals surface area contributed by atoms with Crippen molar-refractivity contribution in [3.63, 3.8) is 0 Å². The maximum atomic E-state index is 12.3. The van der Waals surface area contributed by atoms with Crippen LogP contribution in [0.15, 0.2) is 23.2 Å². The van der Waals surface area contributed by atoms with E-state index in [1.54, 1.807) is 6.07 Å². The van der Waals surface area contributed by atoms with E-state index in [0.29, 0.717) is 18.9 Å². The van der Waals surface area contributed by atoms with Gasteiger partial charge in [-0.05, 0) is 19.2 Å². The number of rotatable bonds is 3. The summed E-state index contributed by atoms with van der Waals surface area (Å²) in [5.74, 6) is 5.63. The lowest BCUT2D eigenvalue weighted by molar-refractivity contribution is 0.222. The first kappa shape index (κ1) is 13.2. The topological polar surface area (TPSA) is 91.6 Å². The molecule has 8 heteroatoms. The maximum Gasteiger partial charge on any atom is 0.244 e. The summed E-state index contributed by atoms with van der Waals surface area (Å²) in [5.41, 5.74) is 2.36. The van der Waals surface area contributed by atoms with E-state index in [2.05, 4.69) is 15.3 Å². The van der Waals surface area contributed by atoms with Crippen LogP contribution >= 0.6 is 0 Å². The van der Waals surface area contributed by atoms with Crippen LogP contribution in [0.3, 0.4) is 0 Å². The highest BCUT2D eigenvalue weighted by atomic mass is 32.2. The minimum absolute atomic E-state index is 0.200.